The van der Waals surface area contributed by atoms with Gasteiger partial charge in [0.15, 0.2) is 0 Å². The van der Waals surface area contributed by atoms with Gasteiger partial charge in [-0.3, -0.25) is 4.79 Å². The molecule has 122 valence electrons. The highest BCUT2D eigenvalue weighted by atomic mass is 79.9. The van der Waals surface area contributed by atoms with Gasteiger partial charge in [0.2, 0.25) is 0 Å². The molecule has 1 amide bonds. The zero-order valence-corrected chi connectivity index (χ0v) is 15.0. The number of likely N-dealkylation sites (N-methyl/N-ethyl adjacent to an activating group) is 1. The maximum absolute atomic E-state index is 12.3. The molecular formula is C16H20BrN5O. The molecule has 6 nitrogen and oxygen atoms in total. The lowest BCUT2D eigenvalue weighted by atomic mass is 10.2. The van der Waals surface area contributed by atoms with Gasteiger partial charge in [0.05, 0.1) is 0 Å². The summed E-state index contributed by atoms with van der Waals surface area (Å²) in [6.07, 6.45) is 1.39. The first-order chi connectivity index (χ1) is 11.0. The van der Waals surface area contributed by atoms with Crippen LogP contribution in [0.15, 0.2) is 35.1 Å². The molecule has 1 aromatic carbocycles. The summed E-state index contributed by atoms with van der Waals surface area (Å²) in [7, 11) is 4.00. The van der Waals surface area contributed by atoms with E-state index in [2.05, 4.69) is 41.4 Å². The van der Waals surface area contributed by atoms with E-state index in [1.165, 1.54) is 6.33 Å². The Morgan fingerprint density at radius 2 is 2.04 bits per heavy atom. The van der Waals surface area contributed by atoms with E-state index >= 15 is 0 Å². The number of nitrogens with one attached hydrogen (secondary N) is 2. The summed E-state index contributed by atoms with van der Waals surface area (Å²) < 4.78 is 1.00. The molecule has 0 spiro atoms. The third-order valence-electron chi connectivity index (χ3n) is 3.18. The molecule has 0 saturated heterocycles. The molecule has 0 unspecified atom stereocenters. The van der Waals surface area contributed by atoms with Gasteiger partial charge in [-0.2, -0.15) is 0 Å². The van der Waals surface area contributed by atoms with E-state index in [0.717, 1.165) is 28.8 Å². The number of carbonyl (C=O) groups is 1. The first-order valence-electron chi connectivity index (χ1n) is 7.24. The zero-order valence-electron chi connectivity index (χ0n) is 13.4. The van der Waals surface area contributed by atoms with Gasteiger partial charge in [0.1, 0.15) is 17.8 Å². The Morgan fingerprint density at radius 3 is 2.74 bits per heavy atom. The molecule has 0 fully saturated rings. The van der Waals surface area contributed by atoms with Gasteiger partial charge >= 0.3 is 0 Å². The minimum absolute atomic E-state index is 0.259. The smallest absolute Gasteiger partial charge is 0.274 e. The Bertz CT molecular complexity index is 690. The van der Waals surface area contributed by atoms with Crippen molar-refractivity contribution in [2.24, 2.45) is 0 Å². The molecule has 2 aromatic rings. The standard InChI is InChI=1S/C16H20BrN5O/c1-11-8-12(4-5-13(11)17)21-16(23)14-9-15(20-10-19-14)18-6-7-22(2)3/h4-5,8-10H,6-7H2,1-3H3,(H,21,23)(H,18,19,20). The molecule has 23 heavy (non-hydrogen) atoms. The molecule has 0 aliphatic heterocycles. The van der Waals surface area contributed by atoms with E-state index in [-0.39, 0.29) is 5.91 Å². The summed E-state index contributed by atoms with van der Waals surface area (Å²) in [4.78, 5) is 22.5. The van der Waals surface area contributed by atoms with Gasteiger partial charge in [-0.1, -0.05) is 15.9 Å². The highest BCUT2D eigenvalue weighted by Crippen LogP contribution is 2.20. The molecule has 0 bridgehead atoms. The SMILES string of the molecule is Cc1cc(NC(=O)c2cc(NCCN(C)C)ncn2)ccc1Br. The second-order valence-electron chi connectivity index (χ2n) is 5.44. The third kappa shape index (κ3) is 5.30. The fraction of sp³-hybridized carbons (Fsp3) is 0.312. The van der Waals surface area contributed by atoms with Crippen LogP contribution < -0.4 is 10.6 Å². The summed E-state index contributed by atoms with van der Waals surface area (Å²) in [6, 6.07) is 7.29. The number of aryl methyl sites for hydroxylation is 1. The van der Waals surface area contributed by atoms with Gasteiger partial charge in [-0.25, -0.2) is 9.97 Å². The number of nitrogens with zero attached hydrogens (tertiary/aromatic N) is 3. The third-order valence-corrected chi connectivity index (χ3v) is 4.07. The average molecular weight is 378 g/mol. The van der Waals surface area contributed by atoms with Crippen molar-refractivity contribution in [3.8, 4) is 0 Å². The number of rotatable bonds is 6. The van der Waals surface area contributed by atoms with E-state index < -0.39 is 0 Å². The molecular weight excluding hydrogens is 358 g/mol. The van der Waals surface area contributed by atoms with E-state index in [9.17, 15) is 4.79 Å². The number of carbonyl (C=O) groups excluding carboxylic acids is 1. The number of anilines is 2. The van der Waals surface area contributed by atoms with Crippen LogP contribution in [0.3, 0.4) is 0 Å². The van der Waals surface area contributed by atoms with Crippen molar-refractivity contribution in [3.05, 3.63) is 46.3 Å². The summed E-state index contributed by atoms with van der Waals surface area (Å²) in [5, 5.41) is 6.01. The largest absolute Gasteiger partial charge is 0.369 e. The van der Waals surface area contributed by atoms with E-state index in [4.69, 9.17) is 0 Å². The molecule has 1 heterocycles. The van der Waals surface area contributed by atoms with Crippen LogP contribution in [0.1, 0.15) is 16.1 Å². The van der Waals surface area contributed by atoms with Gasteiger partial charge in [-0.15, -0.1) is 0 Å². The summed E-state index contributed by atoms with van der Waals surface area (Å²) in [5.41, 5.74) is 2.11. The molecule has 0 radical (unpaired) electrons. The second kappa shape index (κ2) is 8.03. The molecule has 7 heteroatoms. The van der Waals surface area contributed by atoms with Gasteiger partial charge in [0.25, 0.3) is 5.91 Å². The van der Waals surface area contributed by atoms with Crippen LogP contribution >= 0.6 is 15.9 Å². The van der Waals surface area contributed by atoms with Crippen molar-refractivity contribution >= 4 is 33.3 Å². The predicted octanol–water partition coefficient (Wildman–Crippen LogP) is 2.77. The number of amides is 1. The topological polar surface area (TPSA) is 70.2 Å². The Morgan fingerprint density at radius 1 is 1.26 bits per heavy atom. The Balaban J connectivity index is 2.02. The molecule has 0 aliphatic rings. The predicted molar refractivity (Wildman–Crippen MR) is 95.9 cm³/mol. The van der Waals surface area contributed by atoms with Crippen LogP contribution in [0.25, 0.3) is 0 Å². The Kier molecular flexibility index (Phi) is 6.06. The van der Waals surface area contributed by atoms with Crippen molar-refractivity contribution in [2.75, 3.05) is 37.8 Å². The Labute approximate surface area is 144 Å². The first kappa shape index (κ1) is 17.4. The highest BCUT2D eigenvalue weighted by molar-refractivity contribution is 9.10. The second-order valence-corrected chi connectivity index (χ2v) is 6.29. The fourth-order valence-electron chi connectivity index (χ4n) is 1.90. The molecule has 2 rings (SSSR count). The van der Waals surface area contributed by atoms with E-state index in [1.807, 2.05) is 39.2 Å². The monoisotopic (exact) mass is 377 g/mol. The molecule has 2 N–H and O–H groups in total. The molecule has 0 aliphatic carbocycles. The minimum atomic E-state index is -0.259. The average Bonchev–Trinajstić information content (AvgIpc) is 2.51. The lowest BCUT2D eigenvalue weighted by Gasteiger charge is -2.11. The quantitative estimate of drug-likeness (QED) is 0.809. The highest BCUT2D eigenvalue weighted by Gasteiger charge is 2.10. The number of hydrogen-bond acceptors (Lipinski definition) is 5. The van der Waals surface area contributed by atoms with Crippen molar-refractivity contribution < 1.29 is 4.79 Å². The fourth-order valence-corrected chi connectivity index (χ4v) is 2.15. The number of benzene rings is 1. The van der Waals surface area contributed by atoms with Crippen molar-refractivity contribution in [1.82, 2.24) is 14.9 Å². The number of halogens is 1. The molecule has 0 saturated carbocycles. The molecule has 1 aromatic heterocycles. The number of hydrogen-bond donors (Lipinski definition) is 2. The van der Waals surface area contributed by atoms with Crippen LogP contribution in [-0.4, -0.2) is 48.0 Å². The van der Waals surface area contributed by atoms with Crippen LogP contribution in [0.4, 0.5) is 11.5 Å². The summed E-state index contributed by atoms with van der Waals surface area (Å²) >= 11 is 3.44. The van der Waals surface area contributed by atoms with Gasteiger partial charge in [-0.05, 0) is 44.8 Å². The van der Waals surface area contributed by atoms with Gasteiger partial charge in [0, 0.05) is 29.3 Å². The maximum Gasteiger partial charge on any atom is 0.274 e. The first-order valence-corrected chi connectivity index (χ1v) is 8.03. The van der Waals surface area contributed by atoms with E-state index in [0.29, 0.717) is 11.5 Å². The van der Waals surface area contributed by atoms with Crippen molar-refractivity contribution in [1.29, 1.82) is 0 Å². The van der Waals surface area contributed by atoms with Crippen molar-refractivity contribution in [3.63, 3.8) is 0 Å². The Hall–Kier alpha value is -1.99. The minimum Gasteiger partial charge on any atom is -0.369 e. The van der Waals surface area contributed by atoms with Crippen LogP contribution in [0, 0.1) is 6.92 Å². The lowest BCUT2D eigenvalue weighted by molar-refractivity contribution is 0.102. The normalized spacial score (nSPS) is 10.7. The summed E-state index contributed by atoms with van der Waals surface area (Å²) in [6.45, 7) is 3.60. The maximum atomic E-state index is 12.3. The lowest BCUT2D eigenvalue weighted by Crippen LogP contribution is -2.21. The van der Waals surface area contributed by atoms with E-state index in [1.54, 1.807) is 6.07 Å². The van der Waals surface area contributed by atoms with Crippen LogP contribution in [-0.2, 0) is 0 Å². The zero-order chi connectivity index (χ0) is 16.8. The number of aromatic nitrogens is 2. The summed E-state index contributed by atoms with van der Waals surface area (Å²) in [5.74, 6) is 0.378. The van der Waals surface area contributed by atoms with Crippen molar-refractivity contribution in [2.45, 2.75) is 6.92 Å². The van der Waals surface area contributed by atoms with Crippen LogP contribution in [0.5, 0.6) is 0 Å². The molecule has 0 atom stereocenters. The van der Waals surface area contributed by atoms with Gasteiger partial charge < -0.3 is 15.5 Å². The van der Waals surface area contributed by atoms with Crippen LogP contribution in [0.2, 0.25) is 0 Å².